The molecule has 7 heteroatoms. The van der Waals surface area contributed by atoms with Crippen molar-refractivity contribution in [3.8, 4) is 0 Å². The molecule has 0 spiro atoms. The third kappa shape index (κ3) is 2.68. The largest absolute Gasteiger partial charge is 0.463 e. The lowest BCUT2D eigenvalue weighted by Crippen LogP contribution is -2.48. The van der Waals surface area contributed by atoms with E-state index >= 15 is 0 Å². The topological polar surface area (TPSA) is 63.7 Å². The van der Waals surface area contributed by atoms with Gasteiger partial charge in [-0.15, -0.1) is 0 Å². The maximum atomic E-state index is 13.3. The van der Waals surface area contributed by atoms with Crippen molar-refractivity contribution in [3.05, 3.63) is 75.8 Å². The number of hydrogen-bond acceptors (Lipinski definition) is 4. The number of benzene rings is 2. The van der Waals surface area contributed by atoms with Gasteiger partial charge in [-0.3, -0.25) is 0 Å². The molecule has 2 aromatic rings. The summed E-state index contributed by atoms with van der Waals surface area (Å²) in [6.07, 6.45) is 2.18. The number of carbonyl (C=O) groups is 1. The molecule has 0 fully saturated rings. The zero-order valence-corrected chi connectivity index (χ0v) is 17.1. The Labute approximate surface area is 166 Å². The highest BCUT2D eigenvalue weighted by Gasteiger charge is 2.56. The van der Waals surface area contributed by atoms with Crippen molar-refractivity contribution in [2.45, 2.75) is 23.8 Å². The molecular formula is C20H18BrNO4S. The highest BCUT2D eigenvalue weighted by Crippen LogP contribution is 2.52. The first kappa shape index (κ1) is 18.4. The summed E-state index contributed by atoms with van der Waals surface area (Å²) >= 11 is 3.49. The van der Waals surface area contributed by atoms with Gasteiger partial charge in [-0.2, -0.15) is 4.31 Å². The molecule has 2 aliphatic rings. The van der Waals surface area contributed by atoms with Crippen molar-refractivity contribution >= 4 is 31.9 Å². The van der Waals surface area contributed by atoms with E-state index in [1.54, 1.807) is 19.1 Å². The number of nitrogens with zero attached hydrogens (tertiary/aromatic N) is 1. The van der Waals surface area contributed by atoms with Crippen LogP contribution in [0.1, 0.15) is 24.5 Å². The Balaban J connectivity index is 1.96. The fourth-order valence-electron chi connectivity index (χ4n) is 3.95. The minimum Gasteiger partial charge on any atom is -0.463 e. The number of halogens is 1. The summed E-state index contributed by atoms with van der Waals surface area (Å²) in [4.78, 5) is 12.5. The number of esters is 1. The maximum absolute atomic E-state index is 13.3. The van der Waals surface area contributed by atoms with E-state index in [2.05, 4.69) is 15.9 Å². The summed E-state index contributed by atoms with van der Waals surface area (Å²) in [7, 11) is -3.74. The lowest BCUT2D eigenvalue weighted by molar-refractivity contribution is -0.138. The highest BCUT2D eigenvalue weighted by molar-refractivity contribution is 9.10. The van der Waals surface area contributed by atoms with Gasteiger partial charge in [-0.05, 0) is 42.7 Å². The number of hydrogen-bond donors (Lipinski definition) is 0. The Morgan fingerprint density at radius 3 is 2.74 bits per heavy atom. The van der Waals surface area contributed by atoms with Gasteiger partial charge in [0.25, 0.3) is 0 Å². The molecule has 0 saturated carbocycles. The average Bonchev–Trinajstić information content (AvgIpc) is 2.87. The van der Waals surface area contributed by atoms with Crippen LogP contribution in [0.5, 0.6) is 0 Å². The zero-order valence-electron chi connectivity index (χ0n) is 14.7. The molecule has 0 amide bonds. The fraction of sp³-hybridized carbons (Fsp3) is 0.250. The van der Waals surface area contributed by atoms with E-state index < -0.39 is 21.5 Å². The minimum atomic E-state index is -3.74. The monoisotopic (exact) mass is 447 g/mol. The van der Waals surface area contributed by atoms with Crippen molar-refractivity contribution in [2.75, 3.05) is 13.2 Å². The fourth-order valence-corrected chi connectivity index (χ4v) is 6.35. The predicted molar refractivity (Wildman–Crippen MR) is 105 cm³/mol. The van der Waals surface area contributed by atoms with Gasteiger partial charge >= 0.3 is 5.97 Å². The van der Waals surface area contributed by atoms with Crippen LogP contribution in [0.4, 0.5) is 0 Å². The Morgan fingerprint density at radius 1 is 1.22 bits per heavy atom. The number of ether oxygens (including phenoxy) is 1. The average molecular weight is 448 g/mol. The van der Waals surface area contributed by atoms with Crippen LogP contribution in [0.25, 0.3) is 0 Å². The van der Waals surface area contributed by atoms with Gasteiger partial charge in [0, 0.05) is 16.6 Å². The smallest absolute Gasteiger partial charge is 0.335 e. The Morgan fingerprint density at radius 2 is 2.00 bits per heavy atom. The first-order valence-electron chi connectivity index (χ1n) is 8.66. The molecule has 0 aliphatic carbocycles. The van der Waals surface area contributed by atoms with E-state index in [-0.39, 0.29) is 13.2 Å². The molecule has 0 bridgehead atoms. The molecule has 4 rings (SSSR count). The first-order valence-corrected chi connectivity index (χ1v) is 10.9. The molecule has 5 nitrogen and oxygen atoms in total. The lowest BCUT2D eigenvalue weighted by Gasteiger charge is -2.40. The van der Waals surface area contributed by atoms with E-state index in [4.69, 9.17) is 4.74 Å². The molecule has 2 aromatic carbocycles. The number of rotatable bonds is 3. The normalized spacial score (nSPS) is 23.3. The quantitative estimate of drug-likeness (QED) is 0.674. The third-order valence-electron chi connectivity index (χ3n) is 5.12. The third-order valence-corrected chi connectivity index (χ3v) is 7.55. The van der Waals surface area contributed by atoms with E-state index in [0.29, 0.717) is 16.9 Å². The molecule has 0 saturated heterocycles. The second kappa shape index (κ2) is 6.58. The first-order chi connectivity index (χ1) is 12.9. The summed E-state index contributed by atoms with van der Waals surface area (Å²) in [5.74, 6) is -0.466. The summed E-state index contributed by atoms with van der Waals surface area (Å²) in [6, 6.07) is 14.7. The van der Waals surface area contributed by atoms with Crippen molar-refractivity contribution in [3.63, 3.8) is 0 Å². The summed E-state index contributed by atoms with van der Waals surface area (Å²) in [6.45, 7) is 1.97. The van der Waals surface area contributed by atoms with Gasteiger partial charge in [0.05, 0.1) is 17.0 Å². The molecule has 0 N–H and O–H groups in total. The molecule has 27 heavy (non-hydrogen) atoms. The SMILES string of the molecule is CCOC(=O)C1=CCC2(c3cccc(Br)c3)c3ccccc3S(=O)(=O)N2C1. The van der Waals surface area contributed by atoms with Crippen LogP contribution in [-0.2, 0) is 25.1 Å². The number of carbonyl (C=O) groups excluding carboxylic acids is 1. The molecule has 0 aromatic heterocycles. The van der Waals surface area contributed by atoms with Crippen LogP contribution in [0, 0.1) is 0 Å². The van der Waals surface area contributed by atoms with E-state index in [0.717, 1.165) is 15.6 Å². The molecule has 1 unspecified atom stereocenters. The van der Waals surface area contributed by atoms with Crippen molar-refractivity contribution in [2.24, 2.45) is 0 Å². The number of fused-ring (bicyclic) bond motifs is 3. The summed E-state index contributed by atoms with van der Waals surface area (Å²) in [5.41, 5.74) is 1.11. The highest BCUT2D eigenvalue weighted by atomic mass is 79.9. The van der Waals surface area contributed by atoms with E-state index in [1.807, 2.05) is 42.5 Å². The molecular weight excluding hydrogens is 430 g/mol. The van der Waals surface area contributed by atoms with Gasteiger partial charge in [-0.25, -0.2) is 13.2 Å². The van der Waals surface area contributed by atoms with Crippen LogP contribution < -0.4 is 0 Å². The van der Waals surface area contributed by atoms with Crippen LogP contribution in [0.15, 0.2) is 69.5 Å². The van der Waals surface area contributed by atoms with Crippen LogP contribution in [0.3, 0.4) is 0 Å². The van der Waals surface area contributed by atoms with Crippen LogP contribution >= 0.6 is 15.9 Å². The van der Waals surface area contributed by atoms with Gasteiger partial charge in [-0.1, -0.05) is 52.3 Å². The van der Waals surface area contributed by atoms with Gasteiger partial charge in [0.1, 0.15) is 0 Å². The standard InChI is InChI=1S/C20H18BrNO4S/c1-2-26-19(23)14-10-11-20(15-6-5-7-16(21)12-15)17-8-3-4-9-18(17)27(24,25)22(20)13-14/h3-10,12H,2,11,13H2,1H3. The number of sulfonamides is 1. The Hall–Kier alpha value is -1.96. The molecule has 0 radical (unpaired) electrons. The molecule has 1 atom stereocenters. The molecule has 2 heterocycles. The molecule has 140 valence electrons. The minimum absolute atomic E-state index is 0.0115. The molecule has 2 aliphatic heterocycles. The lowest BCUT2D eigenvalue weighted by atomic mass is 9.77. The van der Waals surface area contributed by atoms with Crippen molar-refractivity contribution in [1.82, 2.24) is 4.31 Å². The van der Waals surface area contributed by atoms with Gasteiger partial charge in [0.15, 0.2) is 0 Å². The summed E-state index contributed by atoms with van der Waals surface area (Å²) in [5, 5.41) is 0. The van der Waals surface area contributed by atoms with E-state index in [1.165, 1.54) is 4.31 Å². The Kier molecular flexibility index (Phi) is 4.49. The second-order valence-corrected chi connectivity index (χ2v) is 9.28. The van der Waals surface area contributed by atoms with Gasteiger partial charge in [0.2, 0.25) is 10.0 Å². The summed E-state index contributed by atoms with van der Waals surface area (Å²) < 4.78 is 34.1. The maximum Gasteiger partial charge on any atom is 0.335 e. The predicted octanol–water partition coefficient (Wildman–Crippen LogP) is 3.59. The Bertz CT molecular complexity index is 1060. The van der Waals surface area contributed by atoms with Crippen LogP contribution in [-0.4, -0.2) is 31.8 Å². The second-order valence-electron chi connectivity index (χ2n) is 6.53. The van der Waals surface area contributed by atoms with Crippen molar-refractivity contribution < 1.29 is 17.9 Å². The van der Waals surface area contributed by atoms with Crippen molar-refractivity contribution in [1.29, 1.82) is 0 Å². The van der Waals surface area contributed by atoms with E-state index in [9.17, 15) is 13.2 Å². The van der Waals surface area contributed by atoms with Gasteiger partial charge < -0.3 is 4.74 Å². The van der Waals surface area contributed by atoms with Crippen LogP contribution in [0.2, 0.25) is 0 Å². The zero-order chi connectivity index (χ0) is 19.2.